The van der Waals surface area contributed by atoms with Crippen molar-refractivity contribution >= 4 is 5.69 Å². The second kappa shape index (κ2) is 6.51. The molecule has 2 N–H and O–H groups in total. The molecule has 3 nitrogen and oxygen atoms in total. The first-order valence-electron chi connectivity index (χ1n) is 5.71. The van der Waals surface area contributed by atoms with E-state index < -0.39 is 0 Å². The van der Waals surface area contributed by atoms with Crippen LogP contribution < -0.4 is 5.73 Å². The molecule has 90 valence electrons. The molecule has 0 spiro atoms. The fourth-order valence-electron chi connectivity index (χ4n) is 1.63. The van der Waals surface area contributed by atoms with Gasteiger partial charge >= 0.3 is 0 Å². The number of ether oxygens (including phenoxy) is 1. The Morgan fingerprint density at radius 3 is 2.56 bits per heavy atom. The molecule has 0 aliphatic carbocycles. The molecule has 1 rings (SSSR count). The summed E-state index contributed by atoms with van der Waals surface area (Å²) in [6, 6.07) is 8.52. The van der Waals surface area contributed by atoms with Gasteiger partial charge in [0.1, 0.15) is 0 Å². The van der Waals surface area contributed by atoms with Gasteiger partial charge in [-0.15, -0.1) is 0 Å². The second-order valence-corrected chi connectivity index (χ2v) is 4.26. The van der Waals surface area contributed by atoms with E-state index >= 15 is 0 Å². The first-order chi connectivity index (χ1) is 7.65. The average molecular weight is 222 g/mol. The molecule has 0 heterocycles. The van der Waals surface area contributed by atoms with Crippen LogP contribution in [0.2, 0.25) is 0 Å². The maximum atomic E-state index is 5.94. The number of anilines is 1. The molecule has 0 bridgehead atoms. The molecule has 0 amide bonds. The van der Waals surface area contributed by atoms with Crippen molar-refractivity contribution in [3.8, 4) is 0 Å². The zero-order chi connectivity index (χ0) is 12.0. The normalized spacial score (nSPS) is 11.3. The first kappa shape index (κ1) is 13.0. The van der Waals surface area contributed by atoms with E-state index in [0.717, 1.165) is 25.4 Å². The van der Waals surface area contributed by atoms with Gasteiger partial charge in [0.25, 0.3) is 0 Å². The molecule has 1 aromatic rings. The number of rotatable bonds is 6. The minimum absolute atomic E-state index is 0.495. The van der Waals surface area contributed by atoms with Crippen molar-refractivity contribution < 1.29 is 4.74 Å². The SMILES string of the molecule is COCCN(Cc1ccccc1N)C(C)C. The average Bonchev–Trinajstić information content (AvgIpc) is 2.26. The molecule has 0 atom stereocenters. The van der Waals surface area contributed by atoms with Gasteiger partial charge in [-0.2, -0.15) is 0 Å². The number of nitrogens with zero attached hydrogens (tertiary/aromatic N) is 1. The van der Waals surface area contributed by atoms with Crippen LogP contribution in [0.4, 0.5) is 5.69 Å². The standard InChI is InChI=1S/C13H22N2O/c1-11(2)15(8-9-16-3)10-12-6-4-5-7-13(12)14/h4-7,11H,8-10,14H2,1-3H3. The van der Waals surface area contributed by atoms with E-state index in [1.54, 1.807) is 7.11 Å². The highest BCUT2D eigenvalue weighted by atomic mass is 16.5. The fraction of sp³-hybridized carbons (Fsp3) is 0.538. The quantitative estimate of drug-likeness (QED) is 0.749. The Morgan fingerprint density at radius 1 is 1.31 bits per heavy atom. The van der Waals surface area contributed by atoms with Gasteiger partial charge in [-0.1, -0.05) is 18.2 Å². The van der Waals surface area contributed by atoms with E-state index in [1.165, 1.54) is 5.56 Å². The number of nitrogen functional groups attached to an aromatic ring is 1. The summed E-state index contributed by atoms with van der Waals surface area (Å²) in [6.07, 6.45) is 0. The molecule has 0 saturated carbocycles. The molecule has 0 fully saturated rings. The Balaban J connectivity index is 2.64. The monoisotopic (exact) mass is 222 g/mol. The second-order valence-electron chi connectivity index (χ2n) is 4.26. The van der Waals surface area contributed by atoms with Crippen LogP contribution in [0, 0.1) is 0 Å². The van der Waals surface area contributed by atoms with Crippen molar-refractivity contribution in [2.24, 2.45) is 0 Å². The number of hydrogen-bond donors (Lipinski definition) is 1. The molecule has 0 radical (unpaired) electrons. The molecule has 0 aliphatic rings. The summed E-state index contributed by atoms with van der Waals surface area (Å²) in [4.78, 5) is 2.36. The smallest absolute Gasteiger partial charge is 0.0589 e. The first-order valence-corrected chi connectivity index (χ1v) is 5.71. The molecule has 0 aromatic heterocycles. The van der Waals surface area contributed by atoms with Gasteiger partial charge in [0.05, 0.1) is 6.61 Å². The Morgan fingerprint density at radius 2 is 2.00 bits per heavy atom. The summed E-state index contributed by atoms with van der Waals surface area (Å²) < 4.78 is 5.12. The van der Waals surface area contributed by atoms with E-state index in [1.807, 2.05) is 18.2 Å². The zero-order valence-electron chi connectivity index (χ0n) is 10.4. The van der Waals surface area contributed by atoms with Crippen LogP contribution in [0.5, 0.6) is 0 Å². The minimum atomic E-state index is 0.495. The summed E-state index contributed by atoms with van der Waals surface area (Å²) in [7, 11) is 1.73. The largest absolute Gasteiger partial charge is 0.398 e. The Labute approximate surface area is 98.2 Å². The molecular weight excluding hydrogens is 200 g/mol. The number of methoxy groups -OCH3 is 1. The molecule has 0 aliphatic heterocycles. The third-order valence-electron chi connectivity index (χ3n) is 2.74. The molecule has 1 aromatic carbocycles. The van der Waals surface area contributed by atoms with E-state index in [4.69, 9.17) is 10.5 Å². The van der Waals surface area contributed by atoms with Crippen LogP contribution in [-0.4, -0.2) is 31.2 Å². The predicted octanol–water partition coefficient (Wildman–Crippen LogP) is 2.13. The molecular formula is C13H22N2O. The van der Waals surface area contributed by atoms with E-state index in [-0.39, 0.29) is 0 Å². The van der Waals surface area contributed by atoms with E-state index in [9.17, 15) is 0 Å². The Bertz CT molecular complexity index is 313. The number of nitrogens with two attached hydrogens (primary N) is 1. The summed E-state index contributed by atoms with van der Waals surface area (Å²) in [5.74, 6) is 0. The van der Waals surface area contributed by atoms with Crippen molar-refractivity contribution in [3.05, 3.63) is 29.8 Å². The Hall–Kier alpha value is -1.06. The zero-order valence-corrected chi connectivity index (χ0v) is 10.4. The predicted molar refractivity (Wildman–Crippen MR) is 68.3 cm³/mol. The molecule has 0 saturated heterocycles. The van der Waals surface area contributed by atoms with Crippen LogP contribution in [-0.2, 0) is 11.3 Å². The van der Waals surface area contributed by atoms with Gasteiger partial charge in [-0.25, -0.2) is 0 Å². The van der Waals surface area contributed by atoms with Crippen LogP contribution in [0.3, 0.4) is 0 Å². The number of benzene rings is 1. The highest BCUT2D eigenvalue weighted by Crippen LogP contribution is 2.14. The molecule has 16 heavy (non-hydrogen) atoms. The van der Waals surface area contributed by atoms with Crippen molar-refractivity contribution in [1.82, 2.24) is 4.90 Å². The maximum Gasteiger partial charge on any atom is 0.0589 e. The van der Waals surface area contributed by atoms with Gasteiger partial charge in [0.15, 0.2) is 0 Å². The van der Waals surface area contributed by atoms with Crippen molar-refractivity contribution in [2.75, 3.05) is 26.0 Å². The molecule has 3 heteroatoms. The van der Waals surface area contributed by atoms with Crippen molar-refractivity contribution in [2.45, 2.75) is 26.4 Å². The summed E-state index contributed by atoms with van der Waals surface area (Å²) in [5.41, 5.74) is 7.99. The Kier molecular flexibility index (Phi) is 5.29. The van der Waals surface area contributed by atoms with Gasteiger partial charge in [-0.3, -0.25) is 4.90 Å². The number of hydrogen-bond acceptors (Lipinski definition) is 3. The van der Waals surface area contributed by atoms with Crippen LogP contribution in [0.25, 0.3) is 0 Å². The number of para-hydroxylation sites is 1. The fourth-order valence-corrected chi connectivity index (χ4v) is 1.63. The maximum absolute atomic E-state index is 5.94. The lowest BCUT2D eigenvalue weighted by Crippen LogP contribution is -2.33. The van der Waals surface area contributed by atoms with Crippen LogP contribution in [0.15, 0.2) is 24.3 Å². The third kappa shape index (κ3) is 3.83. The molecule has 0 unspecified atom stereocenters. The minimum Gasteiger partial charge on any atom is -0.398 e. The van der Waals surface area contributed by atoms with E-state index in [0.29, 0.717) is 6.04 Å². The lowest BCUT2D eigenvalue weighted by atomic mass is 10.1. The van der Waals surface area contributed by atoms with Crippen molar-refractivity contribution in [3.63, 3.8) is 0 Å². The van der Waals surface area contributed by atoms with Gasteiger partial charge in [-0.05, 0) is 25.5 Å². The van der Waals surface area contributed by atoms with Gasteiger partial charge in [0, 0.05) is 31.9 Å². The highest BCUT2D eigenvalue weighted by Gasteiger charge is 2.10. The highest BCUT2D eigenvalue weighted by molar-refractivity contribution is 5.46. The lowest BCUT2D eigenvalue weighted by Gasteiger charge is -2.26. The van der Waals surface area contributed by atoms with Gasteiger partial charge in [0.2, 0.25) is 0 Å². The van der Waals surface area contributed by atoms with Crippen LogP contribution >= 0.6 is 0 Å². The topological polar surface area (TPSA) is 38.5 Å². The van der Waals surface area contributed by atoms with E-state index in [2.05, 4.69) is 24.8 Å². The summed E-state index contributed by atoms with van der Waals surface area (Å²) in [6.45, 7) is 6.95. The summed E-state index contributed by atoms with van der Waals surface area (Å²) in [5, 5.41) is 0. The third-order valence-corrected chi connectivity index (χ3v) is 2.74. The van der Waals surface area contributed by atoms with Crippen molar-refractivity contribution in [1.29, 1.82) is 0 Å². The van der Waals surface area contributed by atoms with Gasteiger partial charge < -0.3 is 10.5 Å². The summed E-state index contributed by atoms with van der Waals surface area (Å²) >= 11 is 0. The van der Waals surface area contributed by atoms with Crippen LogP contribution in [0.1, 0.15) is 19.4 Å². The lowest BCUT2D eigenvalue weighted by molar-refractivity contribution is 0.125.